The number of nitrogens with one attached hydrogen (secondary N) is 3. The fourth-order valence-electron chi connectivity index (χ4n) is 3.76. The van der Waals surface area contributed by atoms with Gasteiger partial charge in [0.1, 0.15) is 24.2 Å². The molecule has 0 radical (unpaired) electrons. The lowest BCUT2D eigenvalue weighted by molar-refractivity contribution is -0.143. The number of rotatable bonds is 22. The van der Waals surface area contributed by atoms with Gasteiger partial charge in [-0.25, -0.2) is 9.59 Å². The van der Waals surface area contributed by atoms with Gasteiger partial charge in [0.05, 0.1) is 14.2 Å². The maximum Gasteiger partial charge on any atom is 0.408 e. The van der Waals surface area contributed by atoms with Crippen molar-refractivity contribution in [1.82, 2.24) is 16.0 Å². The normalized spacial score (nSPS) is 12.7. The second kappa shape index (κ2) is 23.8. The molecule has 3 N–H and O–H groups in total. The van der Waals surface area contributed by atoms with E-state index in [1.807, 2.05) is 0 Å². The third-order valence-corrected chi connectivity index (χ3v) is 7.01. The number of unbranched alkanes of at least 4 members (excludes halogenated alkanes) is 8. The van der Waals surface area contributed by atoms with E-state index in [1.165, 1.54) is 70.9 Å². The Morgan fingerprint density at radius 1 is 0.833 bits per heavy atom. The van der Waals surface area contributed by atoms with Gasteiger partial charge in [-0.2, -0.15) is 11.8 Å². The highest BCUT2D eigenvalue weighted by atomic mass is 32.2. The van der Waals surface area contributed by atoms with Crippen LogP contribution < -0.4 is 16.0 Å². The Hall–Kier alpha value is -2.76. The van der Waals surface area contributed by atoms with E-state index >= 15 is 0 Å². The summed E-state index contributed by atoms with van der Waals surface area (Å²) in [4.78, 5) is 61.1. The second-order valence-corrected chi connectivity index (χ2v) is 12.0. The molecule has 0 spiro atoms. The molecule has 0 heterocycles. The average molecular weight is 616 g/mol. The van der Waals surface area contributed by atoms with E-state index in [-0.39, 0.29) is 25.1 Å². The van der Waals surface area contributed by atoms with Gasteiger partial charge in [-0.3, -0.25) is 14.4 Å². The lowest BCUT2D eigenvalue weighted by atomic mass is 10.1. The topological polar surface area (TPSA) is 149 Å². The summed E-state index contributed by atoms with van der Waals surface area (Å²) in [5, 5.41) is 7.55. The second-order valence-electron chi connectivity index (χ2n) is 10.9. The molecule has 0 saturated carbocycles. The number of ether oxygens (including phenoxy) is 3. The lowest BCUT2D eigenvalue weighted by Crippen LogP contribution is -2.50. The standard InChI is InChI=1S/C30H53N3O8S/c1-7-8-9-10-11-12-13-14-15-16-17-20-42-22-24(27(36)31-21-26(35)39-5)32-25(34)19-18-23(28(37)40-6)33-29(38)41-30(2,3)4/h16-17,23-24H,7-15,18-22H2,1-6H3,(H,31,36)(H,32,34)(H,33,38)/b17-16+/t23-,24-/m0/s1. The number of hydrogen-bond donors (Lipinski definition) is 3. The summed E-state index contributed by atoms with van der Waals surface area (Å²) in [5.74, 6) is -1.43. The number of carbonyl (C=O) groups excluding carboxylic acids is 5. The molecule has 0 aromatic carbocycles. The van der Waals surface area contributed by atoms with Crippen LogP contribution in [0.4, 0.5) is 4.79 Å². The fourth-order valence-corrected chi connectivity index (χ4v) is 4.64. The van der Waals surface area contributed by atoms with Crippen molar-refractivity contribution in [2.24, 2.45) is 0 Å². The molecule has 0 aliphatic carbocycles. The van der Waals surface area contributed by atoms with Crippen molar-refractivity contribution < 1.29 is 38.2 Å². The van der Waals surface area contributed by atoms with Crippen LogP contribution in [0.1, 0.15) is 98.3 Å². The summed E-state index contributed by atoms with van der Waals surface area (Å²) in [6.07, 6.45) is 14.3. The van der Waals surface area contributed by atoms with Crippen LogP contribution in [-0.4, -0.2) is 79.8 Å². The first-order valence-corrected chi connectivity index (χ1v) is 16.0. The van der Waals surface area contributed by atoms with Gasteiger partial charge in [-0.1, -0.05) is 64.0 Å². The Balaban J connectivity index is 4.80. The average Bonchev–Trinajstić information content (AvgIpc) is 2.93. The van der Waals surface area contributed by atoms with E-state index in [0.717, 1.165) is 12.8 Å². The number of carbonyl (C=O) groups is 5. The maximum absolute atomic E-state index is 12.7. The summed E-state index contributed by atoms with van der Waals surface area (Å²) in [6, 6.07) is -2.02. The summed E-state index contributed by atoms with van der Waals surface area (Å²) in [5.41, 5.74) is -0.771. The minimum absolute atomic E-state index is 0.0666. The van der Waals surface area contributed by atoms with Gasteiger partial charge in [0.15, 0.2) is 0 Å². The van der Waals surface area contributed by atoms with Crippen LogP contribution in [-0.2, 0) is 33.4 Å². The molecule has 0 saturated heterocycles. The molecule has 0 rings (SSSR count). The van der Waals surface area contributed by atoms with Crippen molar-refractivity contribution in [3.8, 4) is 0 Å². The van der Waals surface area contributed by atoms with Gasteiger partial charge in [0.25, 0.3) is 0 Å². The third kappa shape index (κ3) is 21.9. The summed E-state index contributed by atoms with van der Waals surface area (Å²) < 4.78 is 14.5. The van der Waals surface area contributed by atoms with Crippen molar-refractivity contribution in [3.05, 3.63) is 12.2 Å². The van der Waals surface area contributed by atoms with Crippen LogP contribution in [0.2, 0.25) is 0 Å². The summed E-state index contributed by atoms with van der Waals surface area (Å²) >= 11 is 1.47. The molecular weight excluding hydrogens is 562 g/mol. The van der Waals surface area contributed by atoms with Crippen LogP contribution >= 0.6 is 11.8 Å². The quantitative estimate of drug-likeness (QED) is 0.0696. The first kappa shape index (κ1) is 39.2. The van der Waals surface area contributed by atoms with Gasteiger partial charge in [0, 0.05) is 17.9 Å². The highest BCUT2D eigenvalue weighted by Crippen LogP contribution is 2.11. The summed E-state index contributed by atoms with van der Waals surface area (Å²) in [7, 11) is 2.39. The Labute approximate surface area is 256 Å². The molecule has 3 amide bonds. The lowest BCUT2D eigenvalue weighted by Gasteiger charge is -2.23. The summed E-state index contributed by atoms with van der Waals surface area (Å²) in [6.45, 7) is 6.95. The third-order valence-electron chi connectivity index (χ3n) is 6.01. The van der Waals surface area contributed by atoms with E-state index in [9.17, 15) is 24.0 Å². The molecule has 0 aliphatic heterocycles. The van der Waals surface area contributed by atoms with Crippen LogP contribution in [0.15, 0.2) is 12.2 Å². The van der Waals surface area contributed by atoms with Gasteiger partial charge in [0.2, 0.25) is 11.8 Å². The monoisotopic (exact) mass is 615 g/mol. The zero-order valence-electron chi connectivity index (χ0n) is 26.4. The fraction of sp³-hybridized carbons (Fsp3) is 0.767. The number of hydrogen-bond acceptors (Lipinski definition) is 9. The number of amides is 3. The first-order valence-electron chi connectivity index (χ1n) is 14.9. The zero-order chi connectivity index (χ0) is 31.8. The highest BCUT2D eigenvalue weighted by molar-refractivity contribution is 7.99. The van der Waals surface area contributed by atoms with E-state index < -0.39 is 47.5 Å². The Morgan fingerprint density at radius 3 is 2.07 bits per heavy atom. The predicted octanol–water partition coefficient (Wildman–Crippen LogP) is 4.43. The van der Waals surface area contributed by atoms with E-state index in [1.54, 1.807) is 20.8 Å². The van der Waals surface area contributed by atoms with Gasteiger partial charge in [-0.15, -0.1) is 0 Å². The molecule has 0 aromatic heterocycles. The number of methoxy groups -OCH3 is 2. The molecule has 0 unspecified atom stereocenters. The molecule has 0 aromatic rings. The van der Waals surface area contributed by atoms with Crippen molar-refractivity contribution in [2.45, 2.75) is 116 Å². The van der Waals surface area contributed by atoms with Crippen LogP contribution in [0.3, 0.4) is 0 Å². The highest BCUT2D eigenvalue weighted by Gasteiger charge is 2.27. The number of allylic oxidation sites excluding steroid dienone is 1. The van der Waals surface area contributed by atoms with Crippen molar-refractivity contribution in [2.75, 3.05) is 32.3 Å². The molecule has 0 fully saturated rings. The van der Waals surface area contributed by atoms with Gasteiger partial charge < -0.3 is 30.2 Å². The van der Waals surface area contributed by atoms with Crippen LogP contribution in [0.5, 0.6) is 0 Å². The largest absolute Gasteiger partial charge is 0.468 e. The Kier molecular flexibility index (Phi) is 22.2. The minimum Gasteiger partial charge on any atom is -0.468 e. The number of esters is 2. The van der Waals surface area contributed by atoms with E-state index in [0.29, 0.717) is 5.75 Å². The van der Waals surface area contributed by atoms with Crippen LogP contribution in [0.25, 0.3) is 0 Å². The minimum atomic E-state index is -1.11. The first-order chi connectivity index (χ1) is 19.9. The van der Waals surface area contributed by atoms with Gasteiger partial charge >= 0.3 is 18.0 Å². The molecule has 12 heteroatoms. The molecule has 0 bridgehead atoms. The molecule has 2 atom stereocenters. The zero-order valence-corrected chi connectivity index (χ0v) is 27.2. The van der Waals surface area contributed by atoms with E-state index in [4.69, 9.17) is 9.47 Å². The SMILES string of the molecule is CCCCCCCCCC/C=C/CSC[C@H](NC(=O)CC[C@H](NC(=O)OC(C)(C)C)C(=O)OC)C(=O)NCC(=O)OC. The predicted molar refractivity (Wildman–Crippen MR) is 165 cm³/mol. The Morgan fingerprint density at radius 2 is 1.48 bits per heavy atom. The molecule has 42 heavy (non-hydrogen) atoms. The van der Waals surface area contributed by atoms with Crippen molar-refractivity contribution in [3.63, 3.8) is 0 Å². The van der Waals surface area contributed by atoms with Crippen molar-refractivity contribution >= 4 is 41.6 Å². The molecule has 0 aliphatic rings. The Bertz CT molecular complexity index is 845. The van der Waals surface area contributed by atoms with Crippen molar-refractivity contribution in [1.29, 1.82) is 0 Å². The molecule has 242 valence electrons. The van der Waals surface area contributed by atoms with Gasteiger partial charge in [-0.05, 0) is 40.0 Å². The molecule has 11 nitrogen and oxygen atoms in total. The molecular formula is C30H53N3O8S. The number of thioether (sulfide) groups is 1. The maximum atomic E-state index is 12.7. The van der Waals surface area contributed by atoms with E-state index in [2.05, 4.69) is 39.8 Å². The van der Waals surface area contributed by atoms with Crippen LogP contribution in [0, 0.1) is 0 Å². The smallest absolute Gasteiger partial charge is 0.408 e. The number of alkyl carbamates (subject to hydrolysis) is 1.